The molecule has 0 aliphatic carbocycles. The van der Waals surface area contributed by atoms with E-state index in [0.29, 0.717) is 31.1 Å². The minimum absolute atomic E-state index is 0.256. The number of carboxylic acid groups (broad SMARTS) is 1. The predicted octanol–water partition coefficient (Wildman–Crippen LogP) is 3.54. The lowest BCUT2D eigenvalue weighted by Crippen LogP contribution is -2.39. The number of anilines is 3. The summed E-state index contributed by atoms with van der Waals surface area (Å²) in [5, 5.41) is 12.0. The number of halogens is 3. The summed E-state index contributed by atoms with van der Waals surface area (Å²) in [6, 6.07) is 6.43. The first-order valence-electron chi connectivity index (χ1n) is 8.07. The number of nitrogens with zero attached hydrogens (tertiary/aromatic N) is 3. The molecule has 1 aliphatic rings. The van der Waals surface area contributed by atoms with Crippen LogP contribution in [0.25, 0.3) is 0 Å². The lowest BCUT2D eigenvalue weighted by atomic mass is 9.98. The summed E-state index contributed by atoms with van der Waals surface area (Å²) in [4.78, 5) is 21.2. The predicted molar refractivity (Wildman–Crippen MR) is 89.3 cm³/mol. The van der Waals surface area contributed by atoms with Gasteiger partial charge in [-0.1, -0.05) is 6.07 Å². The lowest BCUT2D eigenvalue weighted by molar-refractivity contribution is -0.142. The monoisotopic (exact) mass is 366 g/mol. The first-order valence-corrected chi connectivity index (χ1v) is 8.07. The number of alkyl halides is 3. The van der Waals surface area contributed by atoms with Crippen molar-refractivity contribution in [1.82, 2.24) is 9.97 Å². The summed E-state index contributed by atoms with van der Waals surface area (Å²) in [6.07, 6.45) is -1.77. The van der Waals surface area contributed by atoms with Crippen LogP contribution in [0.3, 0.4) is 0 Å². The van der Waals surface area contributed by atoms with Crippen molar-refractivity contribution < 1.29 is 23.1 Å². The first-order chi connectivity index (χ1) is 12.3. The molecule has 2 heterocycles. The van der Waals surface area contributed by atoms with Gasteiger partial charge in [0.05, 0.1) is 11.5 Å². The van der Waals surface area contributed by atoms with Crippen LogP contribution in [0.1, 0.15) is 18.4 Å². The third-order valence-corrected chi connectivity index (χ3v) is 4.21. The molecule has 1 aromatic carbocycles. The highest BCUT2D eigenvalue weighted by Crippen LogP contribution is 2.31. The van der Waals surface area contributed by atoms with Crippen molar-refractivity contribution in [1.29, 1.82) is 0 Å². The number of hydrogen-bond acceptors (Lipinski definition) is 5. The maximum atomic E-state index is 12.8. The number of aromatic nitrogens is 2. The van der Waals surface area contributed by atoms with Crippen LogP contribution < -0.4 is 10.2 Å². The molecule has 6 nitrogen and oxygen atoms in total. The van der Waals surface area contributed by atoms with Gasteiger partial charge in [-0.2, -0.15) is 13.2 Å². The molecule has 0 unspecified atom stereocenters. The van der Waals surface area contributed by atoms with Crippen molar-refractivity contribution >= 4 is 23.3 Å². The Hall–Kier alpha value is -2.84. The summed E-state index contributed by atoms with van der Waals surface area (Å²) in [7, 11) is 0. The van der Waals surface area contributed by atoms with Gasteiger partial charge < -0.3 is 15.3 Å². The molecule has 0 radical (unpaired) electrons. The van der Waals surface area contributed by atoms with Gasteiger partial charge in [-0.15, -0.1) is 0 Å². The molecule has 0 spiro atoms. The number of benzene rings is 1. The van der Waals surface area contributed by atoms with Crippen LogP contribution in [0.4, 0.5) is 30.5 Å². The molecular weight excluding hydrogens is 349 g/mol. The van der Waals surface area contributed by atoms with Crippen LogP contribution in [-0.4, -0.2) is 34.1 Å². The van der Waals surface area contributed by atoms with Gasteiger partial charge >= 0.3 is 12.1 Å². The molecule has 138 valence electrons. The Bertz CT molecular complexity index is 798. The topological polar surface area (TPSA) is 78.4 Å². The fraction of sp³-hybridized carbons (Fsp3) is 0.353. The zero-order valence-electron chi connectivity index (χ0n) is 13.7. The van der Waals surface area contributed by atoms with Crippen molar-refractivity contribution in [2.24, 2.45) is 5.92 Å². The second-order valence-corrected chi connectivity index (χ2v) is 6.09. The summed E-state index contributed by atoms with van der Waals surface area (Å²) in [5.74, 6) is -0.420. The Morgan fingerprint density at radius 2 is 2.08 bits per heavy atom. The van der Waals surface area contributed by atoms with Crippen molar-refractivity contribution in [3.05, 3.63) is 42.2 Å². The molecule has 9 heteroatoms. The van der Waals surface area contributed by atoms with Gasteiger partial charge in [-0.05, 0) is 31.0 Å². The molecule has 1 aromatic heterocycles. The minimum atomic E-state index is -4.42. The molecule has 3 rings (SSSR count). The average Bonchev–Trinajstić information content (AvgIpc) is 2.61. The van der Waals surface area contributed by atoms with Gasteiger partial charge in [0.2, 0.25) is 0 Å². The second-order valence-electron chi connectivity index (χ2n) is 6.09. The van der Waals surface area contributed by atoms with E-state index in [0.717, 1.165) is 18.6 Å². The molecule has 0 amide bonds. The molecule has 1 atom stereocenters. The minimum Gasteiger partial charge on any atom is -0.481 e. The van der Waals surface area contributed by atoms with Crippen LogP contribution in [0.15, 0.2) is 36.7 Å². The zero-order valence-corrected chi connectivity index (χ0v) is 13.7. The van der Waals surface area contributed by atoms with Gasteiger partial charge in [0.1, 0.15) is 18.0 Å². The van der Waals surface area contributed by atoms with Gasteiger partial charge in [-0.3, -0.25) is 4.79 Å². The summed E-state index contributed by atoms with van der Waals surface area (Å²) in [6.45, 7) is 1.01. The third-order valence-electron chi connectivity index (χ3n) is 4.21. The fourth-order valence-electron chi connectivity index (χ4n) is 2.90. The van der Waals surface area contributed by atoms with E-state index in [-0.39, 0.29) is 5.69 Å². The lowest BCUT2D eigenvalue weighted by Gasteiger charge is -2.31. The van der Waals surface area contributed by atoms with E-state index in [1.807, 2.05) is 4.90 Å². The Labute approximate surface area is 147 Å². The smallest absolute Gasteiger partial charge is 0.416 e. The summed E-state index contributed by atoms with van der Waals surface area (Å²) >= 11 is 0. The second kappa shape index (κ2) is 7.19. The molecule has 0 saturated carbocycles. The normalized spacial score (nSPS) is 17.8. The molecule has 2 N–H and O–H groups in total. The van der Waals surface area contributed by atoms with Crippen LogP contribution in [0.2, 0.25) is 0 Å². The fourth-order valence-corrected chi connectivity index (χ4v) is 2.90. The molecular formula is C17H17F3N4O2. The molecule has 2 aromatic rings. The van der Waals surface area contributed by atoms with Crippen LogP contribution in [0, 0.1) is 5.92 Å². The van der Waals surface area contributed by atoms with Gasteiger partial charge in [-0.25, -0.2) is 9.97 Å². The number of rotatable bonds is 4. The number of carbonyl (C=O) groups is 1. The number of piperidine rings is 1. The number of carboxylic acids is 1. The van der Waals surface area contributed by atoms with Gasteiger partial charge in [0, 0.05) is 24.8 Å². The van der Waals surface area contributed by atoms with E-state index in [9.17, 15) is 23.1 Å². The van der Waals surface area contributed by atoms with Crippen molar-refractivity contribution in [2.75, 3.05) is 23.3 Å². The third kappa shape index (κ3) is 4.22. The first kappa shape index (κ1) is 18.0. The van der Waals surface area contributed by atoms with E-state index >= 15 is 0 Å². The van der Waals surface area contributed by atoms with Crippen LogP contribution >= 0.6 is 0 Å². The molecule has 0 bridgehead atoms. The number of nitrogens with one attached hydrogen (secondary N) is 1. The van der Waals surface area contributed by atoms with Crippen LogP contribution in [-0.2, 0) is 11.0 Å². The maximum Gasteiger partial charge on any atom is 0.416 e. The summed E-state index contributed by atoms with van der Waals surface area (Å²) in [5.41, 5.74) is -0.497. The van der Waals surface area contributed by atoms with E-state index in [1.54, 1.807) is 6.07 Å². The van der Waals surface area contributed by atoms with E-state index in [1.165, 1.54) is 18.5 Å². The van der Waals surface area contributed by atoms with Crippen molar-refractivity contribution in [3.63, 3.8) is 0 Å². The Morgan fingerprint density at radius 3 is 2.81 bits per heavy atom. The largest absolute Gasteiger partial charge is 0.481 e. The Balaban J connectivity index is 1.77. The molecule has 1 fully saturated rings. The summed E-state index contributed by atoms with van der Waals surface area (Å²) < 4.78 is 38.4. The number of aliphatic carboxylic acids is 1. The molecule has 26 heavy (non-hydrogen) atoms. The highest BCUT2D eigenvalue weighted by atomic mass is 19.4. The maximum absolute atomic E-state index is 12.8. The van der Waals surface area contributed by atoms with Crippen molar-refractivity contribution in [2.45, 2.75) is 19.0 Å². The van der Waals surface area contributed by atoms with E-state index in [2.05, 4.69) is 15.3 Å². The average molecular weight is 366 g/mol. The standard InChI is InChI=1S/C17H17F3N4O2/c18-17(19,20)12-4-1-5-13(7-12)23-14-8-15(22-10-21-14)24-6-2-3-11(9-24)16(25)26/h1,4-5,7-8,10-11H,2-3,6,9H2,(H,25,26)(H,21,22,23)/t11-/m1/s1. The Kier molecular flexibility index (Phi) is 4.97. The Morgan fingerprint density at radius 1 is 1.27 bits per heavy atom. The van der Waals surface area contributed by atoms with Gasteiger partial charge in [0.25, 0.3) is 0 Å². The molecule has 1 aliphatic heterocycles. The van der Waals surface area contributed by atoms with Crippen LogP contribution in [0.5, 0.6) is 0 Å². The highest BCUT2D eigenvalue weighted by molar-refractivity contribution is 5.71. The highest BCUT2D eigenvalue weighted by Gasteiger charge is 2.30. The van der Waals surface area contributed by atoms with E-state index < -0.39 is 23.6 Å². The molecule has 1 saturated heterocycles. The SMILES string of the molecule is O=C(O)[C@@H]1CCCN(c2cc(Nc3cccc(C(F)(F)F)c3)ncn2)C1. The van der Waals surface area contributed by atoms with Crippen molar-refractivity contribution in [3.8, 4) is 0 Å². The van der Waals surface area contributed by atoms with E-state index in [4.69, 9.17) is 0 Å². The van der Waals surface area contributed by atoms with Gasteiger partial charge in [0.15, 0.2) is 0 Å². The number of hydrogen-bond donors (Lipinski definition) is 2. The quantitative estimate of drug-likeness (QED) is 0.862. The zero-order chi connectivity index (χ0) is 18.7.